The highest BCUT2D eigenvalue weighted by Crippen LogP contribution is 2.18. The molecule has 0 aliphatic rings. The Morgan fingerprint density at radius 1 is 1.73 bits per heavy atom. The van der Waals surface area contributed by atoms with Gasteiger partial charge >= 0.3 is 6.55 Å². The molecule has 0 atom stereocenters. The number of nitrogens with zero attached hydrogens (tertiary/aromatic N) is 2. The van der Waals surface area contributed by atoms with Crippen molar-refractivity contribution >= 4 is 17.9 Å². The summed E-state index contributed by atoms with van der Waals surface area (Å²) in [6.07, 6.45) is 1.24. The van der Waals surface area contributed by atoms with Gasteiger partial charge in [0.25, 0.3) is 0 Å². The highest BCUT2D eigenvalue weighted by atomic mass is 35.5. The molecule has 0 spiro atoms. The van der Waals surface area contributed by atoms with Crippen LogP contribution in [0.25, 0.3) is 0 Å². The smallest absolute Gasteiger partial charge is 0.296 e. The Hall–Kier alpha value is -0.970. The number of aldehydes is 1. The average Bonchev–Trinajstić information content (AvgIpc) is 2.30. The van der Waals surface area contributed by atoms with E-state index in [1.807, 2.05) is 0 Å². The van der Waals surface area contributed by atoms with E-state index in [0.29, 0.717) is 0 Å². The molecular formula is C5H3ClF2N2O. The Balaban J connectivity index is 3.15. The first-order valence-corrected chi connectivity index (χ1v) is 3.01. The molecule has 0 fully saturated rings. The molecule has 1 aromatic heterocycles. The Labute approximate surface area is 65.6 Å². The van der Waals surface area contributed by atoms with Crippen LogP contribution in [0.15, 0.2) is 6.20 Å². The maximum Gasteiger partial charge on any atom is 0.333 e. The van der Waals surface area contributed by atoms with Crippen LogP contribution in [-0.4, -0.2) is 16.1 Å². The SMILES string of the molecule is O=Cc1c(Cl)cnn1C(F)F. The molecule has 1 rings (SSSR count). The molecule has 0 saturated heterocycles. The van der Waals surface area contributed by atoms with Crippen LogP contribution in [0.1, 0.15) is 17.0 Å². The quantitative estimate of drug-likeness (QED) is 0.650. The minimum absolute atomic E-state index is 0.0692. The molecular weight excluding hydrogens is 178 g/mol. The molecule has 1 aromatic rings. The number of hydrogen-bond acceptors (Lipinski definition) is 2. The van der Waals surface area contributed by atoms with Gasteiger partial charge in [0, 0.05) is 0 Å². The van der Waals surface area contributed by atoms with Gasteiger partial charge in [-0.2, -0.15) is 18.6 Å². The number of halogens is 3. The zero-order valence-electron chi connectivity index (χ0n) is 5.17. The van der Waals surface area contributed by atoms with Crippen LogP contribution < -0.4 is 0 Å². The van der Waals surface area contributed by atoms with Crippen molar-refractivity contribution in [2.45, 2.75) is 6.55 Å². The zero-order valence-corrected chi connectivity index (χ0v) is 5.92. The lowest BCUT2D eigenvalue weighted by atomic mass is 10.5. The lowest BCUT2D eigenvalue weighted by molar-refractivity contribution is 0.0533. The van der Waals surface area contributed by atoms with Gasteiger partial charge in [-0.3, -0.25) is 4.79 Å². The van der Waals surface area contributed by atoms with Gasteiger partial charge < -0.3 is 0 Å². The summed E-state index contributed by atoms with van der Waals surface area (Å²) in [6, 6.07) is 0. The molecule has 11 heavy (non-hydrogen) atoms. The van der Waals surface area contributed by atoms with Crippen LogP contribution >= 0.6 is 11.6 Å². The van der Waals surface area contributed by atoms with Gasteiger partial charge in [0.15, 0.2) is 6.29 Å². The van der Waals surface area contributed by atoms with Gasteiger partial charge in [-0.15, -0.1) is 0 Å². The summed E-state index contributed by atoms with van der Waals surface area (Å²) >= 11 is 5.34. The van der Waals surface area contributed by atoms with Crippen LogP contribution in [-0.2, 0) is 0 Å². The van der Waals surface area contributed by atoms with Crippen LogP contribution in [0.4, 0.5) is 8.78 Å². The Kier molecular flexibility index (Phi) is 2.19. The first kappa shape index (κ1) is 8.13. The molecule has 3 nitrogen and oxygen atoms in total. The minimum Gasteiger partial charge on any atom is -0.296 e. The summed E-state index contributed by atoms with van der Waals surface area (Å²) in [5.74, 6) is 0. The lowest BCUT2D eigenvalue weighted by Crippen LogP contribution is -2.04. The fraction of sp³-hybridized carbons (Fsp3) is 0.200. The van der Waals surface area contributed by atoms with Crippen molar-refractivity contribution in [2.75, 3.05) is 0 Å². The number of aromatic nitrogens is 2. The van der Waals surface area contributed by atoms with Gasteiger partial charge in [-0.1, -0.05) is 11.6 Å². The molecule has 0 aromatic carbocycles. The topological polar surface area (TPSA) is 34.9 Å². The molecule has 0 unspecified atom stereocenters. The van der Waals surface area contributed by atoms with Crippen LogP contribution in [0.5, 0.6) is 0 Å². The number of carbonyl (C=O) groups excluding carboxylic acids is 1. The summed E-state index contributed by atoms with van der Waals surface area (Å²) in [7, 11) is 0. The molecule has 0 bridgehead atoms. The van der Waals surface area contributed by atoms with E-state index in [0.717, 1.165) is 6.20 Å². The number of rotatable bonds is 2. The zero-order chi connectivity index (χ0) is 8.43. The first-order valence-electron chi connectivity index (χ1n) is 2.63. The molecule has 0 amide bonds. The fourth-order valence-electron chi connectivity index (χ4n) is 0.616. The third kappa shape index (κ3) is 1.37. The number of hydrogen-bond donors (Lipinski definition) is 0. The maximum atomic E-state index is 11.9. The minimum atomic E-state index is -2.83. The highest BCUT2D eigenvalue weighted by molar-refractivity contribution is 6.32. The summed E-state index contributed by atoms with van der Waals surface area (Å²) in [5, 5.41) is 3.12. The van der Waals surface area contributed by atoms with E-state index in [4.69, 9.17) is 11.6 Å². The lowest BCUT2D eigenvalue weighted by Gasteiger charge is -1.98. The summed E-state index contributed by atoms with van der Waals surface area (Å²) < 4.78 is 24.1. The molecule has 0 aliphatic heterocycles. The average molecular weight is 181 g/mol. The van der Waals surface area contributed by atoms with E-state index in [1.54, 1.807) is 0 Å². The molecule has 0 saturated carbocycles. The van der Waals surface area contributed by atoms with Gasteiger partial charge in [0.05, 0.1) is 11.2 Å². The monoisotopic (exact) mass is 180 g/mol. The number of carbonyl (C=O) groups is 1. The predicted octanol–water partition coefficient (Wildman–Crippen LogP) is 1.74. The van der Waals surface area contributed by atoms with Crippen molar-refractivity contribution in [1.29, 1.82) is 0 Å². The summed E-state index contributed by atoms with van der Waals surface area (Å²) in [5.41, 5.74) is -0.304. The molecule has 0 aliphatic carbocycles. The highest BCUT2D eigenvalue weighted by Gasteiger charge is 2.14. The Bertz CT molecular complexity index is 273. The fourth-order valence-corrected chi connectivity index (χ4v) is 0.791. The van der Waals surface area contributed by atoms with E-state index in [1.165, 1.54) is 0 Å². The van der Waals surface area contributed by atoms with E-state index in [-0.39, 0.29) is 21.7 Å². The second-order valence-corrected chi connectivity index (χ2v) is 2.13. The largest absolute Gasteiger partial charge is 0.333 e. The van der Waals surface area contributed by atoms with Crippen molar-refractivity contribution in [1.82, 2.24) is 9.78 Å². The maximum absolute atomic E-state index is 11.9. The standard InChI is InChI=1S/C5H3ClF2N2O/c6-3-1-9-10(5(7)8)4(3)2-11/h1-2,5H. The third-order valence-electron chi connectivity index (χ3n) is 1.08. The second kappa shape index (κ2) is 2.96. The van der Waals surface area contributed by atoms with Gasteiger partial charge in [0.1, 0.15) is 5.69 Å². The van der Waals surface area contributed by atoms with Crippen molar-refractivity contribution in [3.05, 3.63) is 16.9 Å². The van der Waals surface area contributed by atoms with E-state index >= 15 is 0 Å². The Morgan fingerprint density at radius 2 is 2.36 bits per heavy atom. The second-order valence-electron chi connectivity index (χ2n) is 1.72. The first-order chi connectivity index (χ1) is 5.16. The third-order valence-corrected chi connectivity index (χ3v) is 1.37. The molecule has 0 N–H and O–H groups in total. The van der Waals surface area contributed by atoms with Crippen molar-refractivity contribution in [3.8, 4) is 0 Å². The van der Waals surface area contributed by atoms with E-state index in [2.05, 4.69) is 5.10 Å². The van der Waals surface area contributed by atoms with Gasteiger partial charge in [-0.25, -0.2) is 0 Å². The van der Waals surface area contributed by atoms with Crippen molar-refractivity contribution in [2.24, 2.45) is 0 Å². The molecule has 60 valence electrons. The summed E-state index contributed by atoms with van der Waals surface area (Å²) in [4.78, 5) is 10.1. The van der Waals surface area contributed by atoms with E-state index in [9.17, 15) is 13.6 Å². The Morgan fingerprint density at radius 3 is 2.73 bits per heavy atom. The number of alkyl halides is 2. The van der Waals surface area contributed by atoms with Crippen LogP contribution in [0.2, 0.25) is 5.02 Å². The van der Waals surface area contributed by atoms with Gasteiger partial charge in [0.2, 0.25) is 0 Å². The van der Waals surface area contributed by atoms with Crippen molar-refractivity contribution in [3.63, 3.8) is 0 Å². The van der Waals surface area contributed by atoms with Crippen LogP contribution in [0, 0.1) is 0 Å². The molecule has 6 heteroatoms. The normalized spacial score (nSPS) is 10.5. The molecule has 0 radical (unpaired) electrons. The molecule has 1 heterocycles. The predicted molar refractivity (Wildman–Crippen MR) is 33.9 cm³/mol. The van der Waals surface area contributed by atoms with Gasteiger partial charge in [-0.05, 0) is 0 Å². The van der Waals surface area contributed by atoms with Crippen LogP contribution in [0.3, 0.4) is 0 Å². The summed E-state index contributed by atoms with van der Waals surface area (Å²) in [6.45, 7) is -2.83. The van der Waals surface area contributed by atoms with Crippen molar-refractivity contribution < 1.29 is 13.6 Å². The van der Waals surface area contributed by atoms with E-state index < -0.39 is 6.55 Å².